The van der Waals surface area contributed by atoms with Gasteiger partial charge in [-0.15, -0.1) is 11.3 Å². The molecule has 1 unspecified atom stereocenters. The maximum Gasteiger partial charge on any atom is 0.201 e. The van der Waals surface area contributed by atoms with Crippen LogP contribution in [0.2, 0.25) is 0 Å². The Hall–Kier alpha value is -2.02. The zero-order chi connectivity index (χ0) is 14.3. The first kappa shape index (κ1) is 13.0. The standard InChI is InChI=1S/C13H12F2N4S/c1-7(12-17-4-5-20-12)6-19-11-9(18-13(19)16)3-2-8(14)10(11)15/h2-5,7H,6H2,1H3,(H2,16,18). The predicted octanol–water partition coefficient (Wildman–Crippen LogP) is 3.16. The fraction of sp³-hybridized carbons (Fsp3) is 0.231. The minimum Gasteiger partial charge on any atom is -0.369 e. The second-order valence-corrected chi connectivity index (χ2v) is 5.51. The molecule has 0 aliphatic rings. The Morgan fingerprint density at radius 3 is 2.90 bits per heavy atom. The summed E-state index contributed by atoms with van der Waals surface area (Å²) in [6.45, 7) is 2.36. The van der Waals surface area contributed by atoms with Crippen molar-refractivity contribution in [3.8, 4) is 0 Å². The van der Waals surface area contributed by atoms with Crippen molar-refractivity contribution in [1.29, 1.82) is 0 Å². The van der Waals surface area contributed by atoms with Crippen molar-refractivity contribution in [2.45, 2.75) is 19.4 Å². The molecule has 3 aromatic rings. The minimum atomic E-state index is -0.918. The summed E-state index contributed by atoms with van der Waals surface area (Å²) in [6, 6.07) is 2.48. The summed E-state index contributed by atoms with van der Waals surface area (Å²) in [5.41, 5.74) is 6.28. The van der Waals surface area contributed by atoms with Crippen LogP contribution in [-0.4, -0.2) is 14.5 Å². The highest BCUT2D eigenvalue weighted by Gasteiger charge is 2.18. The third kappa shape index (κ3) is 2.03. The van der Waals surface area contributed by atoms with Gasteiger partial charge in [-0.2, -0.15) is 0 Å². The second kappa shape index (κ2) is 4.82. The first-order valence-corrected chi connectivity index (χ1v) is 6.95. The van der Waals surface area contributed by atoms with Crippen LogP contribution in [0.3, 0.4) is 0 Å². The molecule has 2 aromatic heterocycles. The number of nitrogens with zero attached hydrogens (tertiary/aromatic N) is 3. The van der Waals surface area contributed by atoms with E-state index in [4.69, 9.17) is 5.73 Å². The van der Waals surface area contributed by atoms with Crippen LogP contribution in [0, 0.1) is 11.6 Å². The van der Waals surface area contributed by atoms with Gasteiger partial charge < -0.3 is 10.3 Å². The van der Waals surface area contributed by atoms with E-state index >= 15 is 0 Å². The lowest BCUT2D eigenvalue weighted by Crippen LogP contribution is -2.10. The van der Waals surface area contributed by atoms with Gasteiger partial charge in [-0.1, -0.05) is 6.92 Å². The molecule has 0 aliphatic heterocycles. The van der Waals surface area contributed by atoms with Gasteiger partial charge in [0.2, 0.25) is 5.95 Å². The van der Waals surface area contributed by atoms with Gasteiger partial charge in [-0.25, -0.2) is 18.7 Å². The molecule has 2 N–H and O–H groups in total. The highest BCUT2D eigenvalue weighted by Crippen LogP contribution is 2.27. The molecule has 1 atom stereocenters. The molecular weight excluding hydrogens is 282 g/mol. The number of nitrogen functional groups attached to an aromatic ring is 1. The summed E-state index contributed by atoms with van der Waals surface area (Å²) >= 11 is 1.52. The first-order valence-electron chi connectivity index (χ1n) is 6.07. The van der Waals surface area contributed by atoms with Crippen LogP contribution >= 0.6 is 11.3 Å². The number of imidazole rings is 1. The number of fused-ring (bicyclic) bond motifs is 1. The summed E-state index contributed by atoms with van der Waals surface area (Å²) < 4.78 is 28.8. The van der Waals surface area contributed by atoms with Crippen molar-refractivity contribution in [1.82, 2.24) is 14.5 Å². The molecule has 0 bridgehead atoms. The number of hydrogen-bond acceptors (Lipinski definition) is 4. The molecule has 4 nitrogen and oxygen atoms in total. The van der Waals surface area contributed by atoms with Gasteiger partial charge in [-0.05, 0) is 12.1 Å². The predicted molar refractivity (Wildman–Crippen MR) is 74.6 cm³/mol. The molecule has 3 rings (SSSR count). The van der Waals surface area contributed by atoms with E-state index in [1.54, 1.807) is 6.20 Å². The summed E-state index contributed by atoms with van der Waals surface area (Å²) in [5, 5.41) is 2.80. The second-order valence-electron chi connectivity index (χ2n) is 4.58. The number of nitrogens with two attached hydrogens (primary N) is 1. The van der Waals surface area contributed by atoms with E-state index < -0.39 is 11.6 Å². The van der Waals surface area contributed by atoms with Crippen LogP contribution in [0.5, 0.6) is 0 Å². The van der Waals surface area contributed by atoms with Gasteiger partial charge in [0.1, 0.15) is 5.52 Å². The van der Waals surface area contributed by atoms with Crippen LogP contribution < -0.4 is 5.73 Å². The molecule has 2 heterocycles. The van der Waals surface area contributed by atoms with Gasteiger partial charge in [-0.3, -0.25) is 0 Å². The highest BCUT2D eigenvalue weighted by molar-refractivity contribution is 7.09. The van der Waals surface area contributed by atoms with E-state index in [0.29, 0.717) is 12.1 Å². The van der Waals surface area contributed by atoms with E-state index in [-0.39, 0.29) is 17.4 Å². The van der Waals surface area contributed by atoms with E-state index in [2.05, 4.69) is 9.97 Å². The normalized spacial score (nSPS) is 12.9. The van der Waals surface area contributed by atoms with Crippen molar-refractivity contribution in [3.63, 3.8) is 0 Å². The Morgan fingerprint density at radius 1 is 1.40 bits per heavy atom. The zero-order valence-corrected chi connectivity index (χ0v) is 11.5. The van der Waals surface area contributed by atoms with Crippen molar-refractivity contribution in [2.24, 2.45) is 0 Å². The van der Waals surface area contributed by atoms with Gasteiger partial charge >= 0.3 is 0 Å². The van der Waals surface area contributed by atoms with Crippen LogP contribution in [0.25, 0.3) is 11.0 Å². The fourth-order valence-electron chi connectivity index (χ4n) is 2.19. The van der Waals surface area contributed by atoms with E-state index in [1.807, 2.05) is 12.3 Å². The van der Waals surface area contributed by atoms with Gasteiger partial charge in [0.25, 0.3) is 0 Å². The molecule has 0 amide bonds. The molecule has 1 aromatic carbocycles. The number of benzene rings is 1. The molecule has 0 saturated carbocycles. The summed E-state index contributed by atoms with van der Waals surface area (Å²) in [7, 11) is 0. The van der Waals surface area contributed by atoms with Crippen LogP contribution in [0.4, 0.5) is 14.7 Å². The Morgan fingerprint density at radius 2 is 2.20 bits per heavy atom. The lowest BCUT2D eigenvalue weighted by molar-refractivity contribution is 0.508. The topological polar surface area (TPSA) is 56.7 Å². The highest BCUT2D eigenvalue weighted by atomic mass is 32.1. The van der Waals surface area contributed by atoms with Crippen molar-refractivity contribution in [3.05, 3.63) is 40.4 Å². The van der Waals surface area contributed by atoms with Gasteiger partial charge in [0, 0.05) is 24.0 Å². The average Bonchev–Trinajstić information content (AvgIpc) is 3.04. The molecule has 0 radical (unpaired) electrons. The number of aromatic nitrogens is 3. The summed E-state index contributed by atoms with van der Waals surface area (Å²) in [6.07, 6.45) is 1.71. The van der Waals surface area contributed by atoms with Crippen molar-refractivity contribution >= 4 is 28.3 Å². The maximum atomic E-state index is 14.0. The molecule has 0 spiro atoms. The lowest BCUT2D eigenvalue weighted by atomic mass is 10.2. The number of rotatable bonds is 3. The van der Waals surface area contributed by atoms with E-state index in [9.17, 15) is 8.78 Å². The average molecular weight is 294 g/mol. The largest absolute Gasteiger partial charge is 0.369 e. The summed E-state index contributed by atoms with van der Waals surface area (Å²) in [4.78, 5) is 8.29. The Bertz CT molecular complexity index is 751. The monoisotopic (exact) mass is 294 g/mol. The van der Waals surface area contributed by atoms with Crippen LogP contribution in [-0.2, 0) is 6.54 Å². The first-order chi connectivity index (χ1) is 9.58. The minimum absolute atomic E-state index is 0.0392. The molecule has 0 fully saturated rings. The third-order valence-electron chi connectivity index (χ3n) is 3.16. The Kier molecular flexibility index (Phi) is 3.13. The number of hydrogen-bond donors (Lipinski definition) is 1. The van der Waals surface area contributed by atoms with E-state index in [1.165, 1.54) is 22.0 Å². The molecule has 0 saturated heterocycles. The van der Waals surface area contributed by atoms with Crippen molar-refractivity contribution < 1.29 is 8.78 Å². The van der Waals surface area contributed by atoms with E-state index in [0.717, 1.165) is 11.1 Å². The van der Waals surface area contributed by atoms with Crippen molar-refractivity contribution in [2.75, 3.05) is 5.73 Å². The Labute approximate surface area is 117 Å². The number of anilines is 1. The molecule has 7 heteroatoms. The maximum absolute atomic E-state index is 14.0. The quantitative estimate of drug-likeness (QED) is 0.807. The van der Waals surface area contributed by atoms with Crippen LogP contribution in [0.15, 0.2) is 23.7 Å². The van der Waals surface area contributed by atoms with Crippen LogP contribution in [0.1, 0.15) is 17.8 Å². The van der Waals surface area contributed by atoms with Gasteiger partial charge in [0.05, 0.1) is 10.5 Å². The molecule has 20 heavy (non-hydrogen) atoms. The molecular formula is C13H12F2N4S. The molecule has 104 valence electrons. The van der Waals surface area contributed by atoms with Gasteiger partial charge in [0.15, 0.2) is 11.6 Å². The lowest BCUT2D eigenvalue weighted by Gasteiger charge is -2.12. The zero-order valence-electron chi connectivity index (χ0n) is 10.7. The smallest absolute Gasteiger partial charge is 0.201 e. The number of thiazole rings is 1. The fourth-order valence-corrected chi connectivity index (χ4v) is 2.88. The number of halogens is 2. The third-order valence-corrected chi connectivity index (χ3v) is 4.17. The summed E-state index contributed by atoms with van der Waals surface area (Å²) in [5.74, 6) is -1.61. The Balaban J connectivity index is 2.07. The SMILES string of the molecule is CC(Cn1c(N)nc2ccc(F)c(F)c21)c1nccs1. The molecule has 0 aliphatic carbocycles.